The molecule has 0 unspecified atom stereocenters. The lowest BCUT2D eigenvalue weighted by molar-refractivity contribution is -0.145. The van der Waals surface area contributed by atoms with Gasteiger partial charge in [0.05, 0.1) is 0 Å². The molecule has 0 aliphatic heterocycles. The summed E-state index contributed by atoms with van der Waals surface area (Å²) >= 11 is 0. The second kappa shape index (κ2) is 6.99. The van der Waals surface area contributed by atoms with Crippen molar-refractivity contribution in [2.24, 2.45) is 0 Å². The van der Waals surface area contributed by atoms with E-state index in [1.165, 1.54) is 34.7 Å². The Bertz CT molecular complexity index is 685. The van der Waals surface area contributed by atoms with Crippen LogP contribution in [0.2, 0.25) is 0 Å². The van der Waals surface area contributed by atoms with Crippen LogP contribution in [0.4, 0.5) is 0 Å². The quantitative estimate of drug-likeness (QED) is 0.799. The third kappa shape index (κ3) is 4.22. The maximum absolute atomic E-state index is 11.2. The summed E-state index contributed by atoms with van der Waals surface area (Å²) in [6.07, 6.45) is 4.91. The molecule has 0 N–H and O–H groups in total. The zero-order valence-electron chi connectivity index (χ0n) is 14.0. The number of ether oxygens (including phenoxy) is 1. The average molecular weight is 308 g/mol. The van der Waals surface area contributed by atoms with E-state index in [9.17, 15) is 4.79 Å². The van der Waals surface area contributed by atoms with Crippen molar-refractivity contribution in [3.8, 4) is 0 Å². The summed E-state index contributed by atoms with van der Waals surface area (Å²) in [4.78, 5) is 11.2. The molecular formula is C21H24O2. The molecule has 4 bridgehead atoms. The zero-order valence-corrected chi connectivity index (χ0v) is 14.0. The fourth-order valence-corrected chi connectivity index (χ4v) is 3.34. The van der Waals surface area contributed by atoms with E-state index >= 15 is 0 Å². The summed E-state index contributed by atoms with van der Waals surface area (Å²) in [6.45, 7) is 3.45. The van der Waals surface area contributed by atoms with E-state index in [1.807, 2.05) is 6.92 Å². The molecule has 0 spiro atoms. The molecule has 120 valence electrons. The fraction of sp³-hybridized carbons (Fsp3) is 0.381. The van der Waals surface area contributed by atoms with E-state index in [2.05, 4.69) is 42.5 Å². The molecule has 0 fully saturated rings. The molecule has 4 aliphatic rings. The minimum atomic E-state index is -0.204. The number of benzene rings is 2. The van der Waals surface area contributed by atoms with Crippen molar-refractivity contribution < 1.29 is 9.53 Å². The average Bonchev–Trinajstić information content (AvgIpc) is 2.50. The van der Waals surface area contributed by atoms with Crippen LogP contribution in [0.25, 0.3) is 0 Å². The smallest absolute Gasteiger partial charge is 0.302 e. The molecule has 2 nitrogen and oxygen atoms in total. The van der Waals surface area contributed by atoms with Crippen molar-refractivity contribution in [1.82, 2.24) is 0 Å². The van der Waals surface area contributed by atoms with Crippen molar-refractivity contribution in [3.05, 3.63) is 70.3 Å². The van der Waals surface area contributed by atoms with Crippen molar-refractivity contribution in [2.45, 2.75) is 52.1 Å². The van der Waals surface area contributed by atoms with Gasteiger partial charge in [-0.15, -0.1) is 0 Å². The van der Waals surface area contributed by atoms with Crippen molar-refractivity contribution >= 4 is 5.97 Å². The Labute approximate surface area is 138 Å². The number of rotatable bonds is 3. The molecule has 0 heterocycles. The van der Waals surface area contributed by atoms with Crippen LogP contribution >= 0.6 is 0 Å². The maximum Gasteiger partial charge on any atom is 0.302 e. The molecule has 23 heavy (non-hydrogen) atoms. The number of aryl methyl sites for hydroxylation is 4. The van der Waals surface area contributed by atoms with Gasteiger partial charge in [-0.05, 0) is 60.4 Å². The first-order valence-corrected chi connectivity index (χ1v) is 8.46. The van der Waals surface area contributed by atoms with Gasteiger partial charge in [-0.3, -0.25) is 4.79 Å². The van der Waals surface area contributed by atoms with Crippen LogP contribution in [0, 0.1) is 0 Å². The van der Waals surface area contributed by atoms with Gasteiger partial charge >= 0.3 is 5.97 Å². The normalized spacial score (nSPS) is 14.9. The van der Waals surface area contributed by atoms with Crippen molar-refractivity contribution in [2.75, 3.05) is 0 Å². The summed E-state index contributed by atoms with van der Waals surface area (Å²) in [5, 5.41) is 0. The first-order valence-electron chi connectivity index (χ1n) is 8.46. The third-order valence-corrected chi connectivity index (χ3v) is 4.55. The first kappa shape index (κ1) is 15.8. The van der Waals surface area contributed by atoms with Gasteiger partial charge in [0.15, 0.2) is 0 Å². The summed E-state index contributed by atoms with van der Waals surface area (Å²) in [6, 6.07) is 15.8. The molecule has 2 heteroatoms. The van der Waals surface area contributed by atoms with Crippen LogP contribution < -0.4 is 0 Å². The van der Waals surface area contributed by atoms with Gasteiger partial charge in [-0.1, -0.05) is 42.5 Å². The molecule has 0 aromatic heterocycles. The highest BCUT2D eigenvalue weighted by molar-refractivity contribution is 5.66. The van der Waals surface area contributed by atoms with Crippen LogP contribution in [-0.2, 0) is 41.6 Å². The Hall–Kier alpha value is -2.09. The standard InChI is InChI=1S/C21H24O2/c1-15(23-16(2)22)13-21-14-19-8-7-17-3-5-18(6-4-17)9-11-20(21)12-10-19/h3-6,10,12,14-15H,7-9,11,13H2,1-2H3/t15-/m1/s1. The van der Waals surface area contributed by atoms with Gasteiger partial charge in [-0.2, -0.15) is 0 Å². The van der Waals surface area contributed by atoms with Crippen molar-refractivity contribution in [1.29, 1.82) is 0 Å². The van der Waals surface area contributed by atoms with Gasteiger partial charge < -0.3 is 4.74 Å². The minimum absolute atomic E-state index is 0.0762. The van der Waals surface area contributed by atoms with E-state index in [4.69, 9.17) is 4.74 Å². The third-order valence-electron chi connectivity index (χ3n) is 4.55. The van der Waals surface area contributed by atoms with Crippen LogP contribution in [0.1, 0.15) is 41.7 Å². The van der Waals surface area contributed by atoms with Gasteiger partial charge in [-0.25, -0.2) is 0 Å². The molecular weight excluding hydrogens is 284 g/mol. The Morgan fingerprint density at radius 2 is 1.52 bits per heavy atom. The topological polar surface area (TPSA) is 26.3 Å². The SMILES string of the molecule is CC(=O)O[C@H](C)Cc1cc2ccc1CCc1ccc(cc1)CC2. The zero-order chi connectivity index (χ0) is 16.2. The number of esters is 1. The summed E-state index contributed by atoms with van der Waals surface area (Å²) in [5.41, 5.74) is 6.85. The van der Waals surface area contributed by atoms with Crippen molar-refractivity contribution in [3.63, 3.8) is 0 Å². The molecule has 2 aromatic rings. The Kier molecular flexibility index (Phi) is 4.80. The van der Waals surface area contributed by atoms with Gasteiger partial charge in [0, 0.05) is 13.3 Å². The molecule has 1 atom stereocenters. The number of carbonyl (C=O) groups is 1. The van der Waals surface area contributed by atoms with Gasteiger partial charge in [0.1, 0.15) is 6.10 Å². The highest BCUT2D eigenvalue weighted by Crippen LogP contribution is 2.21. The van der Waals surface area contributed by atoms with Crippen LogP contribution in [-0.4, -0.2) is 12.1 Å². The lowest BCUT2D eigenvalue weighted by Gasteiger charge is -2.17. The Balaban J connectivity index is 1.85. The fourth-order valence-electron chi connectivity index (χ4n) is 3.34. The number of carbonyl (C=O) groups excluding carboxylic acids is 1. The summed E-state index contributed by atoms with van der Waals surface area (Å²) < 4.78 is 5.32. The molecule has 0 radical (unpaired) electrons. The largest absolute Gasteiger partial charge is 0.463 e. The molecule has 4 aliphatic carbocycles. The summed E-state index contributed by atoms with van der Waals surface area (Å²) in [5.74, 6) is -0.204. The predicted molar refractivity (Wildman–Crippen MR) is 92.6 cm³/mol. The van der Waals surface area contributed by atoms with E-state index in [0.29, 0.717) is 0 Å². The second-order valence-corrected chi connectivity index (χ2v) is 6.54. The summed E-state index contributed by atoms with van der Waals surface area (Å²) in [7, 11) is 0. The number of hydrogen-bond donors (Lipinski definition) is 0. The van der Waals surface area contributed by atoms with Crippen LogP contribution in [0.15, 0.2) is 42.5 Å². The highest BCUT2D eigenvalue weighted by Gasteiger charge is 2.12. The maximum atomic E-state index is 11.2. The van der Waals surface area contributed by atoms with Crippen LogP contribution in [0.5, 0.6) is 0 Å². The van der Waals surface area contributed by atoms with E-state index in [1.54, 1.807) is 0 Å². The van der Waals surface area contributed by atoms with Gasteiger partial charge in [0.2, 0.25) is 0 Å². The lowest BCUT2D eigenvalue weighted by atomic mass is 9.91. The monoisotopic (exact) mass is 308 g/mol. The molecule has 0 amide bonds. The highest BCUT2D eigenvalue weighted by atomic mass is 16.5. The van der Waals surface area contributed by atoms with Gasteiger partial charge in [0.25, 0.3) is 0 Å². The molecule has 0 saturated heterocycles. The second-order valence-electron chi connectivity index (χ2n) is 6.54. The lowest BCUT2D eigenvalue weighted by Crippen LogP contribution is -2.16. The molecule has 6 rings (SSSR count). The predicted octanol–water partition coefficient (Wildman–Crippen LogP) is 4.06. The molecule has 2 aromatic carbocycles. The van der Waals surface area contributed by atoms with E-state index < -0.39 is 0 Å². The van der Waals surface area contributed by atoms with E-state index in [0.717, 1.165) is 32.1 Å². The first-order chi connectivity index (χ1) is 11.1. The Morgan fingerprint density at radius 1 is 0.957 bits per heavy atom. The Morgan fingerprint density at radius 3 is 2.17 bits per heavy atom. The van der Waals surface area contributed by atoms with E-state index in [-0.39, 0.29) is 12.1 Å². The minimum Gasteiger partial charge on any atom is -0.463 e. The number of hydrogen-bond acceptors (Lipinski definition) is 2. The molecule has 0 saturated carbocycles. The van der Waals surface area contributed by atoms with Crippen LogP contribution in [0.3, 0.4) is 0 Å².